The normalized spacial score (nSPS) is 11.4. The van der Waals surface area contributed by atoms with Crippen molar-refractivity contribution in [3.05, 3.63) is 86.7 Å². The smallest absolute Gasteiger partial charge is 0.287 e. The van der Waals surface area contributed by atoms with Gasteiger partial charge < -0.3 is 15.2 Å². The van der Waals surface area contributed by atoms with Crippen molar-refractivity contribution in [2.45, 2.75) is 6.92 Å². The van der Waals surface area contributed by atoms with Crippen LogP contribution in [0.1, 0.15) is 27.7 Å². The summed E-state index contributed by atoms with van der Waals surface area (Å²) >= 11 is 7.43. The van der Waals surface area contributed by atoms with Crippen LogP contribution in [0.2, 0.25) is 5.02 Å². The molecule has 0 unspecified atom stereocenters. The lowest BCUT2D eigenvalue weighted by molar-refractivity contribution is -0.117. The molecule has 3 N–H and O–H groups in total. The number of carbonyl (C=O) groups is 2. The lowest BCUT2D eigenvalue weighted by Gasteiger charge is -2.09. The Bertz CT molecular complexity index is 1150. The molecule has 0 saturated heterocycles. The molecule has 0 fully saturated rings. The van der Waals surface area contributed by atoms with Gasteiger partial charge in [-0.1, -0.05) is 35.9 Å². The van der Waals surface area contributed by atoms with E-state index >= 15 is 0 Å². The third-order valence-corrected chi connectivity index (χ3v) is 5.20. The molecule has 0 spiro atoms. The zero-order valence-corrected chi connectivity index (χ0v) is 18.6. The Morgan fingerprint density at radius 1 is 1.19 bits per heavy atom. The molecule has 0 aliphatic carbocycles. The van der Waals surface area contributed by atoms with Crippen molar-refractivity contribution >= 4 is 47.0 Å². The van der Waals surface area contributed by atoms with Crippen LogP contribution < -0.4 is 15.5 Å². The van der Waals surface area contributed by atoms with Crippen LogP contribution in [0, 0.1) is 0 Å². The predicted octanol–water partition coefficient (Wildman–Crippen LogP) is 4.43. The number of rotatable bonds is 8. The minimum Gasteiger partial charge on any atom is -0.503 e. The Balaban J connectivity index is 1.76. The maximum Gasteiger partial charge on any atom is 0.287 e. The van der Waals surface area contributed by atoms with E-state index in [0.29, 0.717) is 17.7 Å². The van der Waals surface area contributed by atoms with Crippen molar-refractivity contribution in [3.63, 3.8) is 0 Å². The van der Waals surface area contributed by atoms with E-state index in [-0.39, 0.29) is 22.2 Å². The molecule has 32 heavy (non-hydrogen) atoms. The fourth-order valence-corrected chi connectivity index (χ4v) is 3.49. The number of hydrogen-bond acceptors (Lipinski definition) is 6. The number of benzene rings is 2. The largest absolute Gasteiger partial charge is 0.503 e. The number of hydrogen-bond donors (Lipinski definition) is 3. The SMILES string of the molecule is CCOc1cc(/C=N\NC(=O)/C(=C/c2cccs2)NC(=O)c2ccccc2)cc(Cl)c1O. The second kappa shape index (κ2) is 11.1. The quantitative estimate of drug-likeness (QED) is 0.258. The second-order valence-corrected chi connectivity index (χ2v) is 7.76. The maximum atomic E-state index is 12.7. The first-order valence-corrected chi connectivity index (χ1v) is 10.8. The molecule has 3 rings (SSSR count). The first kappa shape index (κ1) is 23.1. The number of nitrogens with one attached hydrogen (secondary N) is 2. The molecule has 0 radical (unpaired) electrons. The molecule has 1 aromatic heterocycles. The van der Waals surface area contributed by atoms with Crippen LogP contribution in [0.25, 0.3) is 6.08 Å². The van der Waals surface area contributed by atoms with Crippen molar-refractivity contribution in [1.29, 1.82) is 0 Å². The third kappa shape index (κ3) is 6.19. The van der Waals surface area contributed by atoms with E-state index in [9.17, 15) is 14.7 Å². The molecular weight excluding hydrogens is 450 g/mol. The fraction of sp³-hybridized carbons (Fsp3) is 0.0870. The molecule has 3 aromatic rings. The monoisotopic (exact) mass is 469 g/mol. The van der Waals surface area contributed by atoms with Gasteiger partial charge in [-0.2, -0.15) is 5.10 Å². The predicted molar refractivity (Wildman–Crippen MR) is 126 cm³/mol. The number of thiophene rings is 1. The summed E-state index contributed by atoms with van der Waals surface area (Å²) in [5.41, 5.74) is 3.36. The summed E-state index contributed by atoms with van der Waals surface area (Å²) in [5.74, 6) is -0.978. The number of amides is 2. The summed E-state index contributed by atoms with van der Waals surface area (Å²) in [6.45, 7) is 2.12. The van der Waals surface area contributed by atoms with Crippen molar-refractivity contribution in [3.8, 4) is 11.5 Å². The van der Waals surface area contributed by atoms with Gasteiger partial charge in [-0.25, -0.2) is 5.43 Å². The Labute approximate surface area is 194 Å². The Morgan fingerprint density at radius 3 is 2.66 bits per heavy atom. The topological polar surface area (TPSA) is 100 Å². The van der Waals surface area contributed by atoms with E-state index in [2.05, 4.69) is 15.8 Å². The highest BCUT2D eigenvalue weighted by atomic mass is 35.5. The van der Waals surface area contributed by atoms with Gasteiger partial charge in [0, 0.05) is 10.4 Å². The highest BCUT2D eigenvalue weighted by molar-refractivity contribution is 7.10. The van der Waals surface area contributed by atoms with Gasteiger partial charge >= 0.3 is 0 Å². The number of nitrogens with zero attached hydrogens (tertiary/aromatic N) is 1. The molecule has 0 atom stereocenters. The minimum atomic E-state index is -0.603. The van der Waals surface area contributed by atoms with Crippen LogP contribution in [-0.4, -0.2) is 29.7 Å². The summed E-state index contributed by atoms with van der Waals surface area (Å²) in [7, 11) is 0. The van der Waals surface area contributed by atoms with Gasteiger partial charge in [-0.15, -0.1) is 11.3 Å². The Morgan fingerprint density at radius 2 is 1.97 bits per heavy atom. The average molecular weight is 470 g/mol. The summed E-state index contributed by atoms with van der Waals surface area (Å²) in [4.78, 5) is 26.0. The van der Waals surface area contributed by atoms with Crippen LogP contribution in [-0.2, 0) is 4.79 Å². The van der Waals surface area contributed by atoms with Crippen molar-refractivity contribution in [2.75, 3.05) is 6.61 Å². The zero-order valence-electron chi connectivity index (χ0n) is 17.0. The van der Waals surface area contributed by atoms with E-state index in [0.717, 1.165) is 4.88 Å². The molecular formula is C23H20ClN3O4S. The molecule has 0 bridgehead atoms. The van der Waals surface area contributed by atoms with E-state index < -0.39 is 11.8 Å². The molecule has 1 heterocycles. The van der Waals surface area contributed by atoms with Crippen molar-refractivity contribution < 1.29 is 19.4 Å². The molecule has 2 amide bonds. The number of phenols is 1. The second-order valence-electron chi connectivity index (χ2n) is 6.38. The Kier molecular flexibility index (Phi) is 8.02. The average Bonchev–Trinajstić information content (AvgIpc) is 3.30. The number of hydrazone groups is 1. The highest BCUT2D eigenvalue weighted by Crippen LogP contribution is 2.34. The molecule has 164 valence electrons. The third-order valence-electron chi connectivity index (χ3n) is 4.09. The minimum absolute atomic E-state index is 0.0391. The first-order chi connectivity index (χ1) is 15.5. The molecule has 0 aliphatic heterocycles. The summed E-state index contributed by atoms with van der Waals surface area (Å²) < 4.78 is 5.33. The van der Waals surface area contributed by atoms with E-state index in [1.165, 1.54) is 23.6 Å². The zero-order chi connectivity index (χ0) is 22.9. The van der Waals surface area contributed by atoms with Crippen LogP contribution >= 0.6 is 22.9 Å². The molecule has 2 aromatic carbocycles. The van der Waals surface area contributed by atoms with Gasteiger partial charge in [0.1, 0.15) is 5.70 Å². The number of ether oxygens (including phenoxy) is 1. The van der Waals surface area contributed by atoms with Gasteiger partial charge in [0.25, 0.3) is 11.8 Å². The first-order valence-electron chi connectivity index (χ1n) is 9.58. The summed E-state index contributed by atoms with van der Waals surface area (Å²) in [6.07, 6.45) is 2.93. The van der Waals surface area contributed by atoms with Gasteiger partial charge in [-0.05, 0) is 54.3 Å². The highest BCUT2D eigenvalue weighted by Gasteiger charge is 2.15. The lowest BCUT2D eigenvalue weighted by atomic mass is 10.2. The van der Waals surface area contributed by atoms with Crippen LogP contribution in [0.4, 0.5) is 0 Å². The summed E-state index contributed by atoms with van der Waals surface area (Å²) in [6, 6.07) is 15.3. The Hall–Kier alpha value is -3.62. The van der Waals surface area contributed by atoms with Gasteiger partial charge in [-0.3, -0.25) is 9.59 Å². The van der Waals surface area contributed by atoms with E-state index in [4.69, 9.17) is 16.3 Å². The summed E-state index contributed by atoms with van der Waals surface area (Å²) in [5, 5.41) is 18.4. The standard InChI is InChI=1S/C23H20ClN3O4S/c1-2-31-20-12-15(11-18(24)21(20)28)14-25-27-23(30)19(13-17-9-6-10-32-17)26-22(29)16-7-4-3-5-8-16/h3-14,28H,2H2,1H3,(H,26,29)(H,27,30)/b19-13-,25-14-. The van der Waals surface area contributed by atoms with E-state index in [1.54, 1.807) is 49.4 Å². The van der Waals surface area contributed by atoms with Crippen LogP contribution in [0.3, 0.4) is 0 Å². The molecule has 9 heteroatoms. The number of aromatic hydroxyl groups is 1. The van der Waals surface area contributed by atoms with Crippen LogP contribution in [0.5, 0.6) is 11.5 Å². The van der Waals surface area contributed by atoms with Gasteiger partial charge in [0.15, 0.2) is 11.5 Å². The number of phenolic OH excluding ortho intramolecular Hbond substituents is 1. The van der Waals surface area contributed by atoms with Crippen LogP contribution in [0.15, 0.2) is 70.8 Å². The van der Waals surface area contributed by atoms with Gasteiger partial charge in [0.2, 0.25) is 0 Å². The van der Waals surface area contributed by atoms with Crippen molar-refractivity contribution in [1.82, 2.24) is 10.7 Å². The molecule has 0 aliphatic rings. The van der Waals surface area contributed by atoms with E-state index in [1.807, 2.05) is 17.5 Å². The maximum absolute atomic E-state index is 12.7. The number of halogens is 1. The van der Waals surface area contributed by atoms with Gasteiger partial charge in [0.05, 0.1) is 17.8 Å². The number of carbonyl (C=O) groups excluding carboxylic acids is 2. The lowest BCUT2D eigenvalue weighted by Crippen LogP contribution is -2.32. The molecule has 0 saturated carbocycles. The molecule has 7 nitrogen and oxygen atoms in total. The fourth-order valence-electron chi connectivity index (χ4n) is 2.62. The van der Waals surface area contributed by atoms with Crippen molar-refractivity contribution in [2.24, 2.45) is 5.10 Å².